The molecule has 5 nitrogen and oxygen atoms in total. The maximum absolute atomic E-state index is 12.0. The third-order valence-corrected chi connectivity index (χ3v) is 3.58. The molecule has 0 spiro atoms. The van der Waals surface area contributed by atoms with Gasteiger partial charge in [0.15, 0.2) is 0 Å². The van der Waals surface area contributed by atoms with Crippen molar-refractivity contribution >= 4 is 28.4 Å². The SMILES string of the molecule is CC(C)COCC(O)CNC(=O)Cn1ccc2ccc(Cl)cc21. The Morgan fingerprint density at radius 2 is 2.13 bits per heavy atom. The first-order valence-electron chi connectivity index (χ1n) is 7.72. The number of halogens is 1. The molecule has 23 heavy (non-hydrogen) atoms. The van der Waals surface area contributed by atoms with Crippen LogP contribution in [0.5, 0.6) is 0 Å². The lowest BCUT2D eigenvalue weighted by molar-refractivity contribution is -0.122. The molecule has 1 aromatic carbocycles. The summed E-state index contributed by atoms with van der Waals surface area (Å²) in [4.78, 5) is 12.0. The van der Waals surface area contributed by atoms with Gasteiger partial charge in [0.25, 0.3) is 0 Å². The summed E-state index contributed by atoms with van der Waals surface area (Å²) in [5.74, 6) is 0.260. The van der Waals surface area contributed by atoms with E-state index in [1.165, 1.54) is 0 Å². The highest BCUT2D eigenvalue weighted by Crippen LogP contribution is 2.20. The molecule has 2 N–H and O–H groups in total. The third kappa shape index (κ3) is 5.53. The summed E-state index contributed by atoms with van der Waals surface area (Å²) < 4.78 is 7.18. The molecule has 1 heterocycles. The van der Waals surface area contributed by atoms with Crippen molar-refractivity contribution < 1.29 is 14.6 Å². The molecule has 0 fully saturated rings. The molecule has 126 valence electrons. The highest BCUT2D eigenvalue weighted by Gasteiger charge is 2.10. The van der Waals surface area contributed by atoms with Gasteiger partial charge in [0.05, 0.1) is 12.7 Å². The van der Waals surface area contributed by atoms with Crippen molar-refractivity contribution in [3.8, 4) is 0 Å². The molecule has 1 aromatic heterocycles. The standard InChI is InChI=1S/C17H23ClN2O3/c1-12(2)10-23-11-15(21)8-19-17(22)9-20-6-5-13-3-4-14(18)7-16(13)20/h3-7,12,15,21H,8-11H2,1-2H3,(H,19,22). The van der Waals surface area contributed by atoms with E-state index in [-0.39, 0.29) is 25.6 Å². The van der Waals surface area contributed by atoms with Gasteiger partial charge in [-0.15, -0.1) is 0 Å². The second-order valence-corrected chi connectivity index (χ2v) is 6.47. The molecule has 1 unspecified atom stereocenters. The summed E-state index contributed by atoms with van der Waals surface area (Å²) in [6.45, 7) is 5.27. The molecule has 1 atom stereocenters. The average molecular weight is 339 g/mol. The molecule has 0 bridgehead atoms. The van der Waals surface area contributed by atoms with E-state index in [9.17, 15) is 9.90 Å². The molecular weight excluding hydrogens is 316 g/mol. The fourth-order valence-corrected chi connectivity index (χ4v) is 2.40. The number of fused-ring (bicyclic) bond motifs is 1. The van der Waals surface area contributed by atoms with E-state index in [2.05, 4.69) is 5.32 Å². The number of amides is 1. The summed E-state index contributed by atoms with van der Waals surface area (Å²) in [5, 5.41) is 14.2. The summed E-state index contributed by atoms with van der Waals surface area (Å²) in [6, 6.07) is 7.51. The van der Waals surface area contributed by atoms with E-state index in [0.29, 0.717) is 17.5 Å². The van der Waals surface area contributed by atoms with Crippen molar-refractivity contribution in [3.63, 3.8) is 0 Å². The van der Waals surface area contributed by atoms with Crippen LogP contribution in [0.4, 0.5) is 0 Å². The van der Waals surface area contributed by atoms with Crippen molar-refractivity contribution in [1.29, 1.82) is 0 Å². The van der Waals surface area contributed by atoms with E-state index < -0.39 is 6.10 Å². The van der Waals surface area contributed by atoms with E-state index in [0.717, 1.165) is 10.9 Å². The molecule has 2 aromatic rings. The van der Waals surface area contributed by atoms with Crippen LogP contribution in [0.3, 0.4) is 0 Å². The van der Waals surface area contributed by atoms with Crippen LogP contribution < -0.4 is 5.32 Å². The number of ether oxygens (including phenoxy) is 1. The second kappa shape index (κ2) is 8.34. The van der Waals surface area contributed by atoms with E-state index in [4.69, 9.17) is 16.3 Å². The van der Waals surface area contributed by atoms with Gasteiger partial charge in [-0.2, -0.15) is 0 Å². The largest absolute Gasteiger partial charge is 0.389 e. The lowest BCUT2D eigenvalue weighted by atomic mass is 10.2. The van der Waals surface area contributed by atoms with Gasteiger partial charge >= 0.3 is 0 Å². The smallest absolute Gasteiger partial charge is 0.240 e. The topological polar surface area (TPSA) is 63.5 Å². The Bertz CT molecular complexity index is 654. The van der Waals surface area contributed by atoms with Crippen LogP contribution in [0.25, 0.3) is 10.9 Å². The number of benzene rings is 1. The predicted molar refractivity (Wildman–Crippen MR) is 91.6 cm³/mol. The fraction of sp³-hybridized carbons (Fsp3) is 0.471. The van der Waals surface area contributed by atoms with E-state index in [1.54, 1.807) is 0 Å². The lowest BCUT2D eigenvalue weighted by Gasteiger charge is -2.14. The first-order valence-corrected chi connectivity index (χ1v) is 8.10. The van der Waals surface area contributed by atoms with Crippen molar-refractivity contribution in [2.45, 2.75) is 26.5 Å². The first kappa shape index (κ1) is 17.8. The highest BCUT2D eigenvalue weighted by atomic mass is 35.5. The van der Waals surface area contributed by atoms with Gasteiger partial charge in [-0.25, -0.2) is 0 Å². The number of hydrogen-bond donors (Lipinski definition) is 2. The van der Waals surface area contributed by atoms with Gasteiger partial charge in [-0.05, 0) is 29.5 Å². The molecule has 1 amide bonds. The van der Waals surface area contributed by atoms with Crippen molar-refractivity contribution in [2.24, 2.45) is 5.92 Å². The molecule has 0 radical (unpaired) electrons. The zero-order chi connectivity index (χ0) is 16.8. The number of nitrogens with zero attached hydrogens (tertiary/aromatic N) is 1. The van der Waals surface area contributed by atoms with Crippen molar-refractivity contribution in [2.75, 3.05) is 19.8 Å². The monoisotopic (exact) mass is 338 g/mol. The van der Waals surface area contributed by atoms with Crippen LogP contribution in [0.15, 0.2) is 30.5 Å². The summed E-state index contributed by atoms with van der Waals surface area (Å²) in [7, 11) is 0. The number of nitrogens with one attached hydrogen (secondary N) is 1. The minimum atomic E-state index is -0.700. The molecule has 0 aliphatic rings. The van der Waals surface area contributed by atoms with Crippen molar-refractivity contribution in [1.82, 2.24) is 9.88 Å². The van der Waals surface area contributed by atoms with E-state index >= 15 is 0 Å². The predicted octanol–water partition coefficient (Wildman–Crippen LogP) is 2.44. The second-order valence-electron chi connectivity index (χ2n) is 6.04. The van der Waals surface area contributed by atoms with Crippen LogP contribution in [-0.4, -0.2) is 41.4 Å². The Morgan fingerprint density at radius 3 is 2.87 bits per heavy atom. The zero-order valence-electron chi connectivity index (χ0n) is 13.5. The summed E-state index contributed by atoms with van der Waals surface area (Å²) in [6.07, 6.45) is 1.15. The lowest BCUT2D eigenvalue weighted by Crippen LogP contribution is -2.36. The Labute approximate surface area is 141 Å². The van der Waals surface area contributed by atoms with Gasteiger partial charge in [0.2, 0.25) is 5.91 Å². The third-order valence-electron chi connectivity index (χ3n) is 3.35. The van der Waals surface area contributed by atoms with E-state index in [1.807, 2.05) is 48.9 Å². The number of carbonyl (C=O) groups excluding carboxylic acids is 1. The van der Waals surface area contributed by atoms with Gasteiger partial charge in [-0.1, -0.05) is 31.5 Å². The quantitative estimate of drug-likeness (QED) is 0.777. The fourth-order valence-electron chi connectivity index (χ4n) is 2.24. The van der Waals surface area contributed by atoms with Crippen LogP contribution in [0.1, 0.15) is 13.8 Å². The molecule has 0 saturated carbocycles. The first-order chi connectivity index (χ1) is 11.0. The molecule has 0 aliphatic heterocycles. The maximum atomic E-state index is 12.0. The number of rotatable bonds is 8. The molecule has 0 aliphatic carbocycles. The normalized spacial score (nSPS) is 12.7. The minimum Gasteiger partial charge on any atom is -0.389 e. The maximum Gasteiger partial charge on any atom is 0.240 e. The van der Waals surface area contributed by atoms with Crippen molar-refractivity contribution in [3.05, 3.63) is 35.5 Å². The molecule has 0 saturated heterocycles. The van der Waals surface area contributed by atoms with Crippen LogP contribution in [-0.2, 0) is 16.1 Å². The Morgan fingerprint density at radius 1 is 1.35 bits per heavy atom. The molecular formula is C17H23ClN2O3. The highest BCUT2D eigenvalue weighted by molar-refractivity contribution is 6.31. The summed E-state index contributed by atoms with van der Waals surface area (Å²) >= 11 is 6.00. The van der Waals surface area contributed by atoms with Crippen LogP contribution >= 0.6 is 11.6 Å². The Hall–Kier alpha value is -1.56. The Kier molecular flexibility index (Phi) is 6.45. The van der Waals surface area contributed by atoms with Gasteiger partial charge < -0.3 is 19.7 Å². The Balaban J connectivity index is 1.81. The minimum absolute atomic E-state index is 0.162. The molecule has 6 heteroatoms. The van der Waals surface area contributed by atoms with Crippen LogP contribution in [0, 0.1) is 5.92 Å². The van der Waals surface area contributed by atoms with Gasteiger partial charge in [-0.3, -0.25) is 4.79 Å². The number of aliphatic hydroxyl groups excluding tert-OH is 1. The number of hydrogen-bond acceptors (Lipinski definition) is 3. The molecule has 2 rings (SSSR count). The van der Waals surface area contributed by atoms with Gasteiger partial charge in [0, 0.05) is 29.9 Å². The van der Waals surface area contributed by atoms with Crippen LogP contribution in [0.2, 0.25) is 5.02 Å². The number of carbonyl (C=O) groups is 1. The van der Waals surface area contributed by atoms with Gasteiger partial charge in [0.1, 0.15) is 6.54 Å². The zero-order valence-corrected chi connectivity index (χ0v) is 14.2. The average Bonchev–Trinajstić information content (AvgIpc) is 2.87. The number of aromatic nitrogens is 1. The number of aliphatic hydroxyl groups is 1. The summed E-state index contributed by atoms with van der Waals surface area (Å²) in [5.41, 5.74) is 0.911.